The minimum absolute atomic E-state index is 0.0302. The molecular formula is C14H25NO2. The predicted octanol–water partition coefficient (Wildman–Crippen LogP) is 2.50. The minimum Gasteiger partial charge on any atom is -0.461 e. The quantitative estimate of drug-likeness (QED) is 0.752. The molecule has 1 heterocycles. The summed E-state index contributed by atoms with van der Waals surface area (Å²) >= 11 is 0. The third-order valence-electron chi connectivity index (χ3n) is 3.97. The summed E-state index contributed by atoms with van der Waals surface area (Å²) in [6, 6.07) is -0.0460. The van der Waals surface area contributed by atoms with Crippen LogP contribution in [0.25, 0.3) is 0 Å². The van der Waals surface area contributed by atoms with Crippen molar-refractivity contribution in [3.05, 3.63) is 0 Å². The first-order valence-electron chi connectivity index (χ1n) is 6.90. The van der Waals surface area contributed by atoms with Crippen LogP contribution in [0.3, 0.4) is 0 Å². The number of rotatable bonds is 2. The largest absolute Gasteiger partial charge is 0.461 e. The van der Waals surface area contributed by atoms with Gasteiger partial charge in [0.15, 0.2) is 0 Å². The number of carbonyl (C=O) groups excluding carboxylic acids is 1. The fourth-order valence-corrected chi connectivity index (χ4v) is 3.48. The lowest BCUT2D eigenvalue weighted by atomic mass is 9.71. The fourth-order valence-electron chi connectivity index (χ4n) is 3.48. The van der Waals surface area contributed by atoms with Gasteiger partial charge in [0, 0.05) is 0 Å². The normalized spacial score (nSPS) is 36.8. The minimum atomic E-state index is -0.0460. The van der Waals surface area contributed by atoms with Gasteiger partial charge in [-0.3, -0.25) is 4.79 Å². The first-order chi connectivity index (χ1) is 7.96. The number of hydrogen-bond acceptors (Lipinski definition) is 3. The zero-order valence-electron chi connectivity index (χ0n) is 11.3. The Hall–Kier alpha value is -0.570. The van der Waals surface area contributed by atoms with Crippen LogP contribution in [-0.4, -0.2) is 24.7 Å². The van der Waals surface area contributed by atoms with Crippen LogP contribution in [0.4, 0.5) is 0 Å². The number of carbonyl (C=O) groups is 1. The molecule has 0 aromatic carbocycles. The van der Waals surface area contributed by atoms with Crippen LogP contribution in [0.1, 0.15) is 52.9 Å². The Bertz CT molecular complexity index is 282. The van der Waals surface area contributed by atoms with Gasteiger partial charge in [-0.05, 0) is 50.0 Å². The maximum Gasteiger partial charge on any atom is 0.323 e. The van der Waals surface area contributed by atoms with Gasteiger partial charge in [-0.1, -0.05) is 20.8 Å². The van der Waals surface area contributed by atoms with Gasteiger partial charge in [0.1, 0.15) is 12.1 Å². The Labute approximate surface area is 104 Å². The highest BCUT2D eigenvalue weighted by atomic mass is 16.5. The van der Waals surface area contributed by atoms with Crippen molar-refractivity contribution >= 4 is 5.97 Å². The van der Waals surface area contributed by atoms with Crippen molar-refractivity contribution in [3.63, 3.8) is 0 Å². The standard InChI is InChI=1S/C14H25NO2/c1-10-7-11(9-14(2,3)8-10)17-13(16)12-5-4-6-15-12/h10-12,15H,4-9H2,1-3H3/t10?,11?,12-/m0/s1. The van der Waals surface area contributed by atoms with Crippen LogP contribution >= 0.6 is 0 Å². The average Bonchev–Trinajstić information content (AvgIpc) is 2.65. The van der Waals surface area contributed by atoms with Gasteiger partial charge in [0.05, 0.1) is 0 Å². The molecule has 3 nitrogen and oxygen atoms in total. The van der Waals surface area contributed by atoms with E-state index in [0.717, 1.165) is 32.2 Å². The highest BCUT2D eigenvalue weighted by molar-refractivity contribution is 5.76. The molecule has 1 aliphatic carbocycles. The summed E-state index contributed by atoms with van der Waals surface area (Å²) in [5, 5.41) is 3.20. The summed E-state index contributed by atoms with van der Waals surface area (Å²) in [6.45, 7) is 7.76. The van der Waals surface area contributed by atoms with Gasteiger partial charge >= 0.3 is 5.97 Å². The molecule has 2 rings (SSSR count). The molecule has 2 aliphatic rings. The third kappa shape index (κ3) is 3.44. The summed E-state index contributed by atoms with van der Waals surface area (Å²) in [5.74, 6) is 0.630. The Morgan fingerprint density at radius 1 is 1.35 bits per heavy atom. The van der Waals surface area contributed by atoms with Crippen LogP contribution in [0.15, 0.2) is 0 Å². The Morgan fingerprint density at radius 2 is 2.12 bits per heavy atom. The zero-order valence-corrected chi connectivity index (χ0v) is 11.3. The van der Waals surface area contributed by atoms with Gasteiger partial charge in [0.25, 0.3) is 0 Å². The Balaban J connectivity index is 1.87. The van der Waals surface area contributed by atoms with Crippen LogP contribution < -0.4 is 5.32 Å². The summed E-state index contributed by atoms with van der Waals surface area (Å²) in [4.78, 5) is 11.9. The lowest BCUT2D eigenvalue weighted by Gasteiger charge is -2.38. The maximum atomic E-state index is 11.9. The number of ether oxygens (including phenoxy) is 1. The second kappa shape index (κ2) is 4.97. The molecule has 17 heavy (non-hydrogen) atoms. The zero-order chi connectivity index (χ0) is 12.5. The first kappa shape index (κ1) is 12.9. The van der Waals surface area contributed by atoms with Crippen LogP contribution in [0.2, 0.25) is 0 Å². The smallest absolute Gasteiger partial charge is 0.323 e. The van der Waals surface area contributed by atoms with Crippen LogP contribution in [0.5, 0.6) is 0 Å². The highest BCUT2D eigenvalue weighted by Crippen LogP contribution is 2.39. The van der Waals surface area contributed by atoms with E-state index in [1.54, 1.807) is 0 Å². The van der Waals surface area contributed by atoms with E-state index in [4.69, 9.17) is 4.74 Å². The summed E-state index contributed by atoms with van der Waals surface area (Å²) in [6.07, 6.45) is 5.43. The second-order valence-electron chi connectivity index (χ2n) is 6.62. The van der Waals surface area contributed by atoms with E-state index in [0.29, 0.717) is 11.3 Å². The summed E-state index contributed by atoms with van der Waals surface area (Å²) in [5.41, 5.74) is 0.311. The van der Waals surface area contributed by atoms with Gasteiger partial charge in [-0.25, -0.2) is 0 Å². The van der Waals surface area contributed by atoms with E-state index in [1.165, 1.54) is 6.42 Å². The molecule has 2 unspecified atom stereocenters. The van der Waals surface area contributed by atoms with Crippen molar-refractivity contribution in [3.8, 4) is 0 Å². The van der Waals surface area contributed by atoms with Gasteiger partial charge in [-0.15, -0.1) is 0 Å². The molecule has 1 saturated carbocycles. The average molecular weight is 239 g/mol. The second-order valence-corrected chi connectivity index (χ2v) is 6.62. The molecule has 98 valence electrons. The van der Waals surface area contributed by atoms with E-state index >= 15 is 0 Å². The number of hydrogen-bond donors (Lipinski definition) is 1. The Morgan fingerprint density at radius 3 is 2.71 bits per heavy atom. The van der Waals surface area contributed by atoms with Crippen molar-refractivity contribution in [1.29, 1.82) is 0 Å². The molecule has 3 heteroatoms. The van der Waals surface area contributed by atoms with Gasteiger partial charge in [-0.2, -0.15) is 0 Å². The number of nitrogens with one attached hydrogen (secondary N) is 1. The first-order valence-corrected chi connectivity index (χ1v) is 6.90. The predicted molar refractivity (Wildman–Crippen MR) is 67.7 cm³/mol. The Kier molecular flexibility index (Phi) is 3.76. The maximum absolute atomic E-state index is 11.9. The molecule has 0 aromatic rings. The molecule has 0 spiro atoms. The lowest BCUT2D eigenvalue weighted by Crippen LogP contribution is -2.39. The van der Waals surface area contributed by atoms with Crippen molar-refractivity contribution < 1.29 is 9.53 Å². The molecule has 0 bridgehead atoms. The van der Waals surface area contributed by atoms with Crippen molar-refractivity contribution in [1.82, 2.24) is 5.32 Å². The molecule has 0 amide bonds. The topological polar surface area (TPSA) is 38.3 Å². The van der Waals surface area contributed by atoms with Gasteiger partial charge < -0.3 is 10.1 Å². The van der Waals surface area contributed by atoms with E-state index in [9.17, 15) is 4.79 Å². The van der Waals surface area contributed by atoms with Gasteiger partial charge in [0.2, 0.25) is 0 Å². The molecule has 2 fully saturated rings. The summed E-state index contributed by atoms with van der Waals surface area (Å²) < 4.78 is 5.68. The van der Waals surface area contributed by atoms with E-state index in [1.807, 2.05) is 0 Å². The molecule has 1 N–H and O–H groups in total. The van der Waals surface area contributed by atoms with Crippen molar-refractivity contribution in [2.24, 2.45) is 11.3 Å². The van der Waals surface area contributed by atoms with Crippen LogP contribution in [0, 0.1) is 11.3 Å². The number of esters is 1. The van der Waals surface area contributed by atoms with Crippen molar-refractivity contribution in [2.75, 3.05) is 6.54 Å². The fraction of sp³-hybridized carbons (Fsp3) is 0.929. The molecule has 0 aromatic heterocycles. The van der Waals surface area contributed by atoms with E-state index in [-0.39, 0.29) is 18.1 Å². The monoisotopic (exact) mass is 239 g/mol. The molecule has 0 radical (unpaired) electrons. The summed E-state index contributed by atoms with van der Waals surface area (Å²) in [7, 11) is 0. The third-order valence-corrected chi connectivity index (χ3v) is 3.97. The molecule has 3 atom stereocenters. The van der Waals surface area contributed by atoms with Crippen molar-refractivity contribution in [2.45, 2.75) is 65.0 Å². The molecule has 1 aliphatic heterocycles. The SMILES string of the molecule is CC1CC(OC(=O)[C@@H]2CCCN2)CC(C)(C)C1. The van der Waals surface area contributed by atoms with E-state index < -0.39 is 0 Å². The van der Waals surface area contributed by atoms with Crippen LogP contribution in [-0.2, 0) is 9.53 Å². The van der Waals surface area contributed by atoms with E-state index in [2.05, 4.69) is 26.1 Å². The lowest BCUT2D eigenvalue weighted by molar-refractivity contribution is -0.155. The molecule has 1 saturated heterocycles. The highest BCUT2D eigenvalue weighted by Gasteiger charge is 2.35. The molecular weight excluding hydrogens is 214 g/mol.